The molecule has 1 amide bonds. The highest BCUT2D eigenvalue weighted by atomic mass is 32.2. The Balaban J connectivity index is 1.41. The van der Waals surface area contributed by atoms with Gasteiger partial charge in [0.25, 0.3) is 0 Å². The molecule has 3 aromatic rings. The molecule has 1 fully saturated rings. The summed E-state index contributed by atoms with van der Waals surface area (Å²) in [6.45, 7) is 2.01. The lowest BCUT2D eigenvalue weighted by atomic mass is 9.96. The Labute approximate surface area is 198 Å². The van der Waals surface area contributed by atoms with Gasteiger partial charge in [-0.1, -0.05) is 48.5 Å². The summed E-state index contributed by atoms with van der Waals surface area (Å²) in [6, 6.07) is 19.6. The summed E-state index contributed by atoms with van der Waals surface area (Å²) in [4.78, 5) is 25.8. The molecule has 0 saturated carbocycles. The van der Waals surface area contributed by atoms with Crippen LogP contribution in [0.15, 0.2) is 77.0 Å². The van der Waals surface area contributed by atoms with Crippen LogP contribution < -0.4 is 5.32 Å². The van der Waals surface area contributed by atoms with Crippen molar-refractivity contribution in [2.75, 3.05) is 13.1 Å². The Bertz CT molecular complexity index is 1200. The van der Waals surface area contributed by atoms with Gasteiger partial charge in [-0.2, -0.15) is 4.31 Å². The molecule has 1 aromatic heterocycles. The van der Waals surface area contributed by atoms with Crippen LogP contribution in [0, 0.1) is 5.92 Å². The molecule has 1 aliphatic heterocycles. The van der Waals surface area contributed by atoms with E-state index in [9.17, 15) is 18.0 Å². The minimum atomic E-state index is -3.66. The summed E-state index contributed by atoms with van der Waals surface area (Å²) in [7, 11) is -3.66. The van der Waals surface area contributed by atoms with Crippen LogP contribution in [0.2, 0.25) is 0 Å². The second-order valence-corrected chi connectivity index (χ2v) is 11.0. The van der Waals surface area contributed by atoms with E-state index in [1.54, 1.807) is 11.3 Å². The maximum absolute atomic E-state index is 13.1. The smallest absolute Gasteiger partial charge is 0.243 e. The number of hydrogen-bond acceptors (Lipinski definition) is 5. The predicted molar refractivity (Wildman–Crippen MR) is 129 cm³/mol. The number of amides is 1. The van der Waals surface area contributed by atoms with Crippen molar-refractivity contribution in [1.29, 1.82) is 0 Å². The maximum atomic E-state index is 13.1. The van der Waals surface area contributed by atoms with Crippen LogP contribution in [0.3, 0.4) is 0 Å². The van der Waals surface area contributed by atoms with Crippen molar-refractivity contribution in [2.24, 2.45) is 5.92 Å². The van der Waals surface area contributed by atoms with E-state index in [0.29, 0.717) is 18.4 Å². The van der Waals surface area contributed by atoms with Gasteiger partial charge < -0.3 is 5.32 Å². The number of nitrogens with zero attached hydrogens (tertiary/aromatic N) is 1. The number of sulfonamides is 1. The number of carbonyl (C=O) groups is 2. The fourth-order valence-electron chi connectivity index (χ4n) is 4.05. The van der Waals surface area contributed by atoms with Gasteiger partial charge in [0.2, 0.25) is 15.9 Å². The average Bonchev–Trinajstić information content (AvgIpc) is 3.38. The number of ketones is 1. The van der Waals surface area contributed by atoms with Crippen molar-refractivity contribution in [3.63, 3.8) is 0 Å². The first-order chi connectivity index (χ1) is 15.9. The van der Waals surface area contributed by atoms with E-state index in [0.717, 1.165) is 10.4 Å². The molecule has 172 valence electrons. The molecule has 0 unspecified atom stereocenters. The predicted octanol–water partition coefficient (Wildman–Crippen LogP) is 4.26. The van der Waals surface area contributed by atoms with Crippen molar-refractivity contribution in [3.8, 4) is 0 Å². The molecule has 1 aliphatic rings. The van der Waals surface area contributed by atoms with E-state index in [1.807, 2.05) is 47.8 Å². The first kappa shape index (κ1) is 23.4. The van der Waals surface area contributed by atoms with E-state index in [4.69, 9.17) is 0 Å². The lowest BCUT2D eigenvalue weighted by Crippen LogP contribution is -2.43. The largest absolute Gasteiger partial charge is 0.344 e. The number of benzene rings is 2. The van der Waals surface area contributed by atoms with Crippen molar-refractivity contribution in [1.82, 2.24) is 9.62 Å². The van der Waals surface area contributed by atoms with Gasteiger partial charge >= 0.3 is 0 Å². The molecule has 2 heterocycles. The third-order valence-electron chi connectivity index (χ3n) is 5.97. The van der Waals surface area contributed by atoms with Crippen LogP contribution in [-0.4, -0.2) is 37.5 Å². The summed E-state index contributed by atoms with van der Waals surface area (Å²) >= 11 is 1.60. The molecule has 8 heteroatoms. The zero-order valence-electron chi connectivity index (χ0n) is 18.3. The van der Waals surface area contributed by atoms with Gasteiger partial charge in [0.1, 0.15) is 0 Å². The highest BCUT2D eigenvalue weighted by molar-refractivity contribution is 7.89. The molecule has 6 nitrogen and oxygen atoms in total. The zero-order valence-corrected chi connectivity index (χ0v) is 19.9. The van der Waals surface area contributed by atoms with Gasteiger partial charge in [-0.15, -0.1) is 11.3 Å². The number of hydrogen-bond donors (Lipinski definition) is 1. The van der Waals surface area contributed by atoms with Gasteiger partial charge in [-0.3, -0.25) is 9.59 Å². The minimum absolute atomic E-state index is 0.0555. The summed E-state index contributed by atoms with van der Waals surface area (Å²) in [5.41, 5.74) is 1.49. The molecule has 1 N–H and O–H groups in total. The molecule has 2 aromatic carbocycles. The first-order valence-corrected chi connectivity index (χ1v) is 13.2. The van der Waals surface area contributed by atoms with Crippen LogP contribution in [0.5, 0.6) is 0 Å². The summed E-state index contributed by atoms with van der Waals surface area (Å²) in [6.07, 6.45) is 0.922. The fraction of sp³-hybridized carbons (Fsp3) is 0.280. The Morgan fingerprint density at radius 2 is 1.64 bits per heavy atom. The average molecular weight is 483 g/mol. The monoisotopic (exact) mass is 482 g/mol. The highest BCUT2D eigenvalue weighted by Gasteiger charge is 2.33. The van der Waals surface area contributed by atoms with Crippen molar-refractivity contribution < 1.29 is 18.0 Å². The lowest BCUT2D eigenvalue weighted by Gasteiger charge is -2.31. The normalized spacial score (nSPS) is 16.3. The second-order valence-electron chi connectivity index (χ2n) is 8.13. The molecule has 1 saturated heterocycles. The molecular weight excluding hydrogens is 456 g/mol. The third kappa shape index (κ3) is 5.24. The van der Waals surface area contributed by atoms with Crippen molar-refractivity contribution in [3.05, 3.63) is 88.1 Å². The Morgan fingerprint density at radius 1 is 0.970 bits per heavy atom. The Hall–Kier alpha value is -2.81. The van der Waals surface area contributed by atoms with Gasteiger partial charge in [0.15, 0.2) is 5.78 Å². The molecule has 0 radical (unpaired) electrons. The van der Waals surface area contributed by atoms with Crippen molar-refractivity contribution in [2.45, 2.75) is 30.7 Å². The standard InChI is InChI=1S/C25H26N2O4S2/c1-18(28)19-9-11-22(12-10-19)33(30,31)27-15-13-21(14-16-27)25(29)26-24(23-8-5-17-32-23)20-6-3-2-4-7-20/h2-12,17,21,24H,13-16H2,1H3,(H,26,29)/t24-/m0/s1. The van der Waals surface area contributed by atoms with E-state index in [1.165, 1.54) is 35.5 Å². The Morgan fingerprint density at radius 3 is 2.21 bits per heavy atom. The van der Waals surface area contributed by atoms with E-state index in [2.05, 4.69) is 5.32 Å². The molecular formula is C25H26N2O4S2. The quantitative estimate of drug-likeness (QED) is 0.510. The SMILES string of the molecule is CC(=O)c1ccc(S(=O)(=O)N2CCC(C(=O)N[C@@H](c3ccccc3)c3cccs3)CC2)cc1. The van der Waals surface area contributed by atoms with Crippen molar-refractivity contribution >= 4 is 33.1 Å². The number of carbonyl (C=O) groups excluding carboxylic acids is 2. The van der Waals surface area contributed by atoms with Crippen LogP contribution in [0.25, 0.3) is 0 Å². The number of Topliss-reactive ketones (excluding diaryl/α,β-unsaturated/α-hetero) is 1. The summed E-state index contributed by atoms with van der Waals surface area (Å²) in [5, 5.41) is 5.17. The number of piperidine rings is 1. The summed E-state index contributed by atoms with van der Waals surface area (Å²) in [5.74, 6) is -0.412. The number of nitrogens with one attached hydrogen (secondary N) is 1. The second kappa shape index (κ2) is 9.99. The van der Waals surface area contributed by atoms with Gasteiger partial charge in [-0.25, -0.2) is 8.42 Å². The molecule has 0 aliphatic carbocycles. The van der Waals surface area contributed by atoms with Gasteiger partial charge in [0.05, 0.1) is 10.9 Å². The molecule has 1 atom stereocenters. The molecule has 0 bridgehead atoms. The van der Waals surface area contributed by atoms with Gasteiger partial charge in [-0.05, 0) is 48.9 Å². The van der Waals surface area contributed by atoms with Crippen LogP contribution in [0.4, 0.5) is 0 Å². The number of rotatable bonds is 7. The van der Waals surface area contributed by atoms with E-state index < -0.39 is 10.0 Å². The fourth-order valence-corrected chi connectivity index (χ4v) is 6.32. The summed E-state index contributed by atoms with van der Waals surface area (Å²) < 4.78 is 27.4. The molecule has 0 spiro atoms. The highest BCUT2D eigenvalue weighted by Crippen LogP contribution is 2.29. The maximum Gasteiger partial charge on any atom is 0.243 e. The first-order valence-electron chi connectivity index (χ1n) is 10.9. The van der Waals surface area contributed by atoms with E-state index >= 15 is 0 Å². The lowest BCUT2D eigenvalue weighted by molar-refractivity contribution is -0.126. The van der Waals surface area contributed by atoms with Crippen LogP contribution >= 0.6 is 11.3 Å². The molecule has 4 rings (SSSR count). The Kier molecular flexibility index (Phi) is 7.07. The molecule has 33 heavy (non-hydrogen) atoms. The minimum Gasteiger partial charge on any atom is -0.344 e. The van der Waals surface area contributed by atoms with E-state index in [-0.39, 0.29) is 41.6 Å². The van der Waals surface area contributed by atoms with Crippen LogP contribution in [-0.2, 0) is 14.8 Å². The topological polar surface area (TPSA) is 83.6 Å². The number of thiophene rings is 1. The van der Waals surface area contributed by atoms with Crippen LogP contribution in [0.1, 0.15) is 46.6 Å². The van der Waals surface area contributed by atoms with Gasteiger partial charge in [0, 0.05) is 29.4 Å². The third-order valence-corrected chi connectivity index (χ3v) is 8.82. The zero-order chi connectivity index (χ0) is 23.4.